The van der Waals surface area contributed by atoms with E-state index in [4.69, 9.17) is 0 Å². The van der Waals surface area contributed by atoms with Crippen LogP contribution in [0.5, 0.6) is 0 Å². The summed E-state index contributed by atoms with van der Waals surface area (Å²) in [6.45, 7) is 3.07. The summed E-state index contributed by atoms with van der Waals surface area (Å²) in [5, 5.41) is 10.3. The first-order valence-corrected chi connectivity index (χ1v) is 9.00. The van der Waals surface area contributed by atoms with Gasteiger partial charge in [-0.2, -0.15) is 18.3 Å². The lowest BCUT2D eigenvalue weighted by molar-refractivity contribution is -0.127. The number of benzene rings is 1. The van der Waals surface area contributed by atoms with Crippen molar-refractivity contribution in [3.63, 3.8) is 0 Å². The number of nitrogens with one attached hydrogen (secondary N) is 1. The molecular formula is C20H21F3N4O. The molecule has 1 N–H and O–H groups in total. The van der Waals surface area contributed by atoms with Crippen LogP contribution in [0.4, 0.5) is 23.8 Å². The molecule has 0 aliphatic carbocycles. The zero-order valence-corrected chi connectivity index (χ0v) is 15.4. The van der Waals surface area contributed by atoms with Gasteiger partial charge in [-0.15, -0.1) is 5.10 Å². The molecule has 0 radical (unpaired) electrons. The first kappa shape index (κ1) is 19.9. The molecule has 8 heteroatoms. The van der Waals surface area contributed by atoms with E-state index in [-0.39, 0.29) is 17.5 Å². The number of carbonyl (C=O) groups is 1. The minimum Gasteiger partial charge on any atom is -0.324 e. The van der Waals surface area contributed by atoms with E-state index in [2.05, 4.69) is 15.5 Å². The fraction of sp³-hybridized carbons (Fsp3) is 0.350. The van der Waals surface area contributed by atoms with E-state index in [1.54, 1.807) is 35.2 Å². The summed E-state index contributed by atoms with van der Waals surface area (Å²) in [5.74, 6) is 0.496. The number of nitrogens with zero attached hydrogens (tertiary/aromatic N) is 3. The van der Waals surface area contributed by atoms with Gasteiger partial charge in [-0.3, -0.25) is 5.32 Å². The monoisotopic (exact) mass is 390 g/mol. The third-order valence-corrected chi connectivity index (χ3v) is 4.60. The number of hydrogen-bond acceptors (Lipinski definition) is 3. The summed E-state index contributed by atoms with van der Waals surface area (Å²) >= 11 is 0. The van der Waals surface area contributed by atoms with Gasteiger partial charge in [0.25, 0.3) is 0 Å². The molecule has 1 aliphatic heterocycles. The SMILES string of the molecule is CC1CN(C(=O)Nc2cccnn2)CC/C1=C\c1cccc(CC(F)(F)F)c1. The predicted octanol–water partition coefficient (Wildman–Crippen LogP) is 4.54. The standard InChI is InChI=1S/C20H21F3N4O/c1-14-13-27(19(28)25-18-6-3-8-24-26-18)9-7-17(14)11-15-4-2-5-16(10-15)12-20(21,22)23/h2-6,8,10-11,14H,7,9,12-13H2,1H3,(H,25,26,28)/b17-11+. The largest absolute Gasteiger partial charge is 0.393 e. The summed E-state index contributed by atoms with van der Waals surface area (Å²) in [5.41, 5.74) is 2.11. The van der Waals surface area contributed by atoms with Crippen LogP contribution in [-0.4, -0.2) is 40.4 Å². The van der Waals surface area contributed by atoms with Gasteiger partial charge in [-0.25, -0.2) is 4.79 Å². The molecule has 1 aromatic carbocycles. The summed E-state index contributed by atoms with van der Waals surface area (Å²) < 4.78 is 37.8. The van der Waals surface area contributed by atoms with Crippen LogP contribution in [0.1, 0.15) is 24.5 Å². The van der Waals surface area contributed by atoms with Crippen LogP contribution in [-0.2, 0) is 6.42 Å². The summed E-state index contributed by atoms with van der Waals surface area (Å²) in [6, 6.07) is 9.61. The molecule has 1 fully saturated rings. The Morgan fingerprint density at radius 3 is 2.82 bits per heavy atom. The van der Waals surface area contributed by atoms with Crippen molar-refractivity contribution in [1.29, 1.82) is 0 Å². The molecule has 0 saturated carbocycles. The zero-order valence-electron chi connectivity index (χ0n) is 15.4. The summed E-state index contributed by atoms with van der Waals surface area (Å²) in [7, 11) is 0. The molecule has 1 unspecified atom stereocenters. The van der Waals surface area contributed by atoms with E-state index in [1.165, 1.54) is 12.3 Å². The third kappa shape index (κ3) is 5.55. The highest BCUT2D eigenvalue weighted by atomic mass is 19.4. The molecule has 1 saturated heterocycles. The van der Waals surface area contributed by atoms with Crippen molar-refractivity contribution in [1.82, 2.24) is 15.1 Å². The van der Waals surface area contributed by atoms with Crippen LogP contribution in [0.2, 0.25) is 0 Å². The van der Waals surface area contributed by atoms with Gasteiger partial charge in [0.1, 0.15) is 0 Å². The Morgan fingerprint density at radius 2 is 2.14 bits per heavy atom. The number of piperidine rings is 1. The van der Waals surface area contributed by atoms with Gasteiger partial charge >= 0.3 is 12.2 Å². The van der Waals surface area contributed by atoms with Gasteiger partial charge in [-0.1, -0.05) is 42.8 Å². The maximum Gasteiger partial charge on any atom is 0.393 e. The highest BCUT2D eigenvalue weighted by molar-refractivity contribution is 5.88. The van der Waals surface area contributed by atoms with Gasteiger partial charge < -0.3 is 4.90 Å². The quantitative estimate of drug-likeness (QED) is 0.837. The molecule has 148 valence electrons. The molecule has 0 bridgehead atoms. The van der Waals surface area contributed by atoms with E-state index in [0.29, 0.717) is 25.3 Å². The number of likely N-dealkylation sites (tertiary alicyclic amines) is 1. The number of alkyl halides is 3. The van der Waals surface area contributed by atoms with E-state index in [1.807, 2.05) is 13.0 Å². The van der Waals surface area contributed by atoms with Crippen molar-refractivity contribution in [3.05, 3.63) is 59.3 Å². The number of hydrogen-bond donors (Lipinski definition) is 1. The highest BCUT2D eigenvalue weighted by Gasteiger charge is 2.28. The summed E-state index contributed by atoms with van der Waals surface area (Å²) in [4.78, 5) is 14.1. The minimum atomic E-state index is -4.22. The van der Waals surface area contributed by atoms with Gasteiger partial charge in [0.15, 0.2) is 5.82 Å². The Kier molecular flexibility index (Phi) is 5.96. The molecule has 0 spiro atoms. The molecule has 3 rings (SSSR count). The lowest BCUT2D eigenvalue weighted by Gasteiger charge is -2.33. The second kappa shape index (κ2) is 8.41. The maximum absolute atomic E-state index is 12.6. The lowest BCUT2D eigenvalue weighted by atomic mass is 9.91. The van der Waals surface area contributed by atoms with E-state index >= 15 is 0 Å². The second-order valence-electron chi connectivity index (χ2n) is 6.89. The molecule has 28 heavy (non-hydrogen) atoms. The molecular weight excluding hydrogens is 369 g/mol. The number of amides is 2. The fourth-order valence-electron chi connectivity index (χ4n) is 3.24. The minimum absolute atomic E-state index is 0.104. The molecule has 2 amide bonds. The Hall–Kier alpha value is -2.90. The molecule has 2 heterocycles. The number of aromatic nitrogens is 2. The topological polar surface area (TPSA) is 58.1 Å². The molecule has 1 aliphatic rings. The van der Waals surface area contributed by atoms with Crippen LogP contribution in [0.25, 0.3) is 6.08 Å². The number of carbonyl (C=O) groups excluding carboxylic acids is 1. The van der Waals surface area contributed by atoms with E-state index < -0.39 is 12.6 Å². The summed E-state index contributed by atoms with van der Waals surface area (Å²) in [6.07, 6.45) is -1.03. The van der Waals surface area contributed by atoms with Crippen LogP contribution in [0, 0.1) is 5.92 Å². The predicted molar refractivity (Wildman–Crippen MR) is 101 cm³/mol. The van der Waals surface area contributed by atoms with Crippen LogP contribution in [0.15, 0.2) is 48.2 Å². The Balaban J connectivity index is 1.63. The highest BCUT2D eigenvalue weighted by Crippen LogP contribution is 2.27. The van der Waals surface area contributed by atoms with Gasteiger partial charge in [0.2, 0.25) is 0 Å². The smallest absolute Gasteiger partial charge is 0.324 e. The van der Waals surface area contributed by atoms with Crippen molar-refractivity contribution < 1.29 is 18.0 Å². The first-order chi connectivity index (χ1) is 13.3. The Labute approximate surface area is 161 Å². The maximum atomic E-state index is 12.6. The van der Waals surface area contributed by atoms with Crippen LogP contribution in [0.3, 0.4) is 0 Å². The first-order valence-electron chi connectivity index (χ1n) is 9.00. The van der Waals surface area contributed by atoms with Gasteiger partial charge in [0, 0.05) is 19.3 Å². The van der Waals surface area contributed by atoms with Crippen molar-refractivity contribution in [2.75, 3.05) is 18.4 Å². The lowest BCUT2D eigenvalue weighted by Crippen LogP contribution is -2.42. The van der Waals surface area contributed by atoms with Gasteiger partial charge in [0.05, 0.1) is 6.42 Å². The van der Waals surface area contributed by atoms with Crippen molar-refractivity contribution in [3.8, 4) is 0 Å². The molecule has 1 aromatic heterocycles. The third-order valence-electron chi connectivity index (χ3n) is 4.60. The van der Waals surface area contributed by atoms with Gasteiger partial charge in [-0.05, 0) is 35.6 Å². The number of halogens is 3. The van der Waals surface area contributed by atoms with Crippen LogP contribution >= 0.6 is 0 Å². The normalized spacial score (nSPS) is 18.9. The Bertz CT molecular complexity index is 852. The van der Waals surface area contributed by atoms with Crippen molar-refractivity contribution in [2.24, 2.45) is 5.92 Å². The average Bonchev–Trinajstić information content (AvgIpc) is 2.63. The zero-order chi connectivity index (χ0) is 20.1. The molecule has 2 aromatic rings. The van der Waals surface area contributed by atoms with Crippen molar-refractivity contribution in [2.45, 2.75) is 25.9 Å². The van der Waals surface area contributed by atoms with Crippen LogP contribution < -0.4 is 5.32 Å². The van der Waals surface area contributed by atoms with E-state index in [0.717, 1.165) is 11.1 Å². The molecule has 5 nitrogen and oxygen atoms in total. The Morgan fingerprint density at radius 1 is 1.32 bits per heavy atom. The fourth-order valence-corrected chi connectivity index (χ4v) is 3.24. The van der Waals surface area contributed by atoms with E-state index in [9.17, 15) is 18.0 Å². The van der Waals surface area contributed by atoms with Crippen molar-refractivity contribution >= 4 is 17.9 Å². The second-order valence-corrected chi connectivity index (χ2v) is 6.89. The number of urea groups is 1. The number of anilines is 1. The molecule has 1 atom stereocenters. The number of rotatable bonds is 3. The average molecular weight is 390 g/mol.